The Kier molecular flexibility index (Phi) is 5.74. The summed E-state index contributed by atoms with van der Waals surface area (Å²) in [6, 6.07) is 4.90. The molecule has 1 amide bonds. The van der Waals surface area contributed by atoms with E-state index in [1.807, 2.05) is 20.8 Å². The van der Waals surface area contributed by atoms with Crippen molar-refractivity contribution in [1.82, 2.24) is 4.98 Å². The number of aromatic amines is 1. The highest BCUT2D eigenvalue weighted by Gasteiger charge is 2.34. The van der Waals surface area contributed by atoms with Gasteiger partial charge in [-0.15, -0.1) is 0 Å². The Bertz CT molecular complexity index is 856. The molecule has 3 N–H and O–H groups in total. The third-order valence-corrected chi connectivity index (χ3v) is 5.20. The number of fused-ring (bicyclic) bond motifs is 1. The van der Waals surface area contributed by atoms with Crippen molar-refractivity contribution in [3.05, 3.63) is 28.9 Å². The van der Waals surface area contributed by atoms with Gasteiger partial charge in [0.2, 0.25) is 0 Å². The van der Waals surface area contributed by atoms with Gasteiger partial charge in [0.25, 0.3) is 5.91 Å². The largest absolute Gasteiger partial charge is 0.464 e. The minimum absolute atomic E-state index is 0.0940. The van der Waals surface area contributed by atoms with Crippen LogP contribution in [0.5, 0.6) is 0 Å². The van der Waals surface area contributed by atoms with Crippen LogP contribution in [0.4, 0.5) is 5.69 Å². The number of halogens is 1. The molecule has 0 bridgehead atoms. The Morgan fingerprint density at radius 3 is 2.63 bits per heavy atom. The van der Waals surface area contributed by atoms with Crippen LogP contribution in [0, 0.1) is 0 Å². The number of carbonyl (C=O) groups is 2. The van der Waals surface area contributed by atoms with E-state index in [4.69, 9.17) is 21.1 Å². The number of ether oxygens (including phenoxy) is 2. The van der Waals surface area contributed by atoms with Crippen molar-refractivity contribution >= 4 is 40.1 Å². The van der Waals surface area contributed by atoms with E-state index in [2.05, 4.69) is 10.3 Å². The first kappa shape index (κ1) is 19.7. The number of benzene rings is 1. The Hall–Kier alpha value is -2.09. The summed E-state index contributed by atoms with van der Waals surface area (Å²) in [6.07, 6.45) is 0.188. The van der Waals surface area contributed by atoms with Gasteiger partial charge >= 0.3 is 5.97 Å². The van der Waals surface area contributed by atoms with E-state index < -0.39 is 5.97 Å². The summed E-state index contributed by atoms with van der Waals surface area (Å²) in [7, 11) is 1.30. The van der Waals surface area contributed by atoms with E-state index in [1.54, 1.807) is 18.2 Å². The average molecular weight is 395 g/mol. The van der Waals surface area contributed by atoms with Crippen molar-refractivity contribution < 1.29 is 24.0 Å². The number of rotatable bonds is 4. The highest BCUT2D eigenvalue weighted by molar-refractivity contribution is 6.31. The predicted octanol–water partition coefficient (Wildman–Crippen LogP) is 1.63. The highest BCUT2D eigenvalue weighted by Crippen LogP contribution is 2.30. The maximum Gasteiger partial charge on any atom is 0.356 e. The number of anilines is 1. The number of amides is 1. The van der Waals surface area contributed by atoms with Crippen LogP contribution < -0.4 is 10.2 Å². The van der Waals surface area contributed by atoms with Crippen LogP contribution in [0.1, 0.15) is 31.3 Å². The van der Waals surface area contributed by atoms with Crippen molar-refractivity contribution in [3.63, 3.8) is 0 Å². The van der Waals surface area contributed by atoms with Crippen molar-refractivity contribution in [2.45, 2.75) is 39.0 Å². The second kappa shape index (κ2) is 7.88. The summed E-state index contributed by atoms with van der Waals surface area (Å²) in [5.41, 5.74) is 1.29. The minimum atomic E-state index is -0.550. The third-order valence-electron chi connectivity index (χ3n) is 4.97. The Labute approximate surface area is 162 Å². The predicted molar refractivity (Wildman–Crippen MR) is 103 cm³/mol. The Morgan fingerprint density at radius 1 is 1.33 bits per heavy atom. The zero-order valence-corrected chi connectivity index (χ0v) is 16.6. The number of aromatic nitrogens is 1. The molecular formula is C19H25ClN3O4+. The van der Waals surface area contributed by atoms with E-state index in [9.17, 15) is 9.59 Å². The molecule has 1 aliphatic heterocycles. The smallest absolute Gasteiger partial charge is 0.356 e. The molecule has 27 heavy (non-hydrogen) atoms. The van der Waals surface area contributed by atoms with Crippen molar-refractivity contribution in [2.75, 3.05) is 25.5 Å². The standard InChI is InChI=1S/C19H24ClN3O4/c1-10-8-23(9-11(2)27-10)12(3)18(24)22-16-14-7-13(20)5-6-15(14)21-17(16)19(25)26-4/h5-7,10-12,21H,8-9H2,1-4H3,(H,22,24)/p+1/t10-,11+,12-/m1/s1. The number of carbonyl (C=O) groups excluding carboxylic acids is 2. The van der Waals surface area contributed by atoms with Gasteiger partial charge in [-0.1, -0.05) is 11.6 Å². The molecular weight excluding hydrogens is 370 g/mol. The summed E-state index contributed by atoms with van der Waals surface area (Å²) >= 11 is 6.11. The molecule has 1 unspecified atom stereocenters. The average Bonchev–Trinajstić information content (AvgIpc) is 2.97. The van der Waals surface area contributed by atoms with Gasteiger partial charge in [0.1, 0.15) is 31.0 Å². The number of nitrogens with one attached hydrogen (secondary N) is 3. The minimum Gasteiger partial charge on any atom is -0.464 e. The second-order valence-electron chi connectivity index (χ2n) is 7.09. The number of H-pyrrole nitrogens is 1. The first-order valence-electron chi connectivity index (χ1n) is 9.00. The van der Waals surface area contributed by atoms with Crippen molar-refractivity contribution in [3.8, 4) is 0 Å². The van der Waals surface area contributed by atoms with E-state index in [-0.39, 0.29) is 29.9 Å². The third kappa shape index (κ3) is 4.10. The lowest BCUT2D eigenvalue weighted by Gasteiger charge is -2.35. The summed E-state index contributed by atoms with van der Waals surface area (Å²) in [6.45, 7) is 7.41. The van der Waals surface area contributed by atoms with Crippen LogP contribution in [-0.4, -0.2) is 55.3 Å². The normalized spacial score (nSPS) is 23.8. The van der Waals surface area contributed by atoms with Gasteiger partial charge in [0.15, 0.2) is 6.04 Å². The van der Waals surface area contributed by atoms with Crippen LogP contribution in [-0.2, 0) is 14.3 Å². The number of hydrogen-bond donors (Lipinski definition) is 3. The van der Waals surface area contributed by atoms with E-state index in [0.29, 0.717) is 21.6 Å². The molecule has 2 heterocycles. The van der Waals surface area contributed by atoms with Crippen LogP contribution >= 0.6 is 11.6 Å². The SMILES string of the molecule is COC(=O)c1[nH]c2ccc(Cl)cc2c1NC(=O)[C@@H](C)[NH+]1C[C@@H](C)O[C@@H](C)C1. The van der Waals surface area contributed by atoms with Crippen LogP contribution in [0.3, 0.4) is 0 Å². The maximum absolute atomic E-state index is 12.9. The van der Waals surface area contributed by atoms with Gasteiger partial charge in [0, 0.05) is 15.9 Å². The van der Waals surface area contributed by atoms with Gasteiger partial charge in [-0.05, 0) is 39.0 Å². The lowest BCUT2D eigenvalue weighted by molar-refractivity contribution is -0.928. The molecule has 2 aromatic rings. The summed E-state index contributed by atoms with van der Waals surface area (Å²) in [5, 5.41) is 4.10. The number of morpholine rings is 1. The molecule has 4 atom stereocenters. The second-order valence-corrected chi connectivity index (χ2v) is 7.53. The molecule has 1 aromatic carbocycles. The van der Waals surface area contributed by atoms with Crippen molar-refractivity contribution in [1.29, 1.82) is 0 Å². The van der Waals surface area contributed by atoms with Crippen LogP contribution in [0.2, 0.25) is 5.02 Å². The summed E-state index contributed by atoms with van der Waals surface area (Å²) in [4.78, 5) is 29.3. The molecule has 0 spiro atoms. The lowest BCUT2D eigenvalue weighted by Crippen LogP contribution is -3.19. The topological polar surface area (TPSA) is 84.9 Å². The molecule has 1 fully saturated rings. The van der Waals surface area contributed by atoms with Crippen molar-refractivity contribution in [2.24, 2.45) is 0 Å². The van der Waals surface area contributed by atoms with Gasteiger partial charge < -0.3 is 24.7 Å². The molecule has 1 saturated heterocycles. The summed E-state index contributed by atoms with van der Waals surface area (Å²) in [5.74, 6) is -0.719. The zero-order chi connectivity index (χ0) is 19.7. The zero-order valence-electron chi connectivity index (χ0n) is 15.9. The molecule has 7 nitrogen and oxygen atoms in total. The molecule has 0 radical (unpaired) electrons. The highest BCUT2D eigenvalue weighted by atomic mass is 35.5. The number of hydrogen-bond acceptors (Lipinski definition) is 4. The Morgan fingerprint density at radius 2 is 2.00 bits per heavy atom. The molecule has 0 aliphatic carbocycles. The van der Waals surface area contributed by atoms with Gasteiger partial charge in [-0.25, -0.2) is 4.79 Å². The molecule has 146 valence electrons. The van der Waals surface area contributed by atoms with Gasteiger partial charge in [-0.3, -0.25) is 4.79 Å². The molecule has 0 saturated carbocycles. The fourth-order valence-corrected chi connectivity index (χ4v) is 3.81. The molecule has 1 aromatic heterocycles. The van der Waals surface area contributed by atoms with Crippen LogP contribution in [0.25, 0.3) is 10.9 Å². The fraction of sp³-hybridized carbons (Fsp3) is 0.474. The van der Waals surface area contributed by atoms with E-state index in [0.717, 1.165) is 18.0 Å². The summed E-state index contributed by atoms with van der Waals surface area (Å²) < 4.78 is 10.6. The monoisotopic (exact) mass is 394 g/mol. The lowest BCUT2D eigenvalue weighted by atomic mass is 10.1. The maximum atomic E-state index is 12.9. The van der Waals surface area contributed by atoms with E-state index >= 15 is 0 Å². The fourth-order valence-electron chi connectivity index (χ4n) is 3.63. The molecule has 1 aliphatic rings. The Balaban J connectivity index is 1.89. The number of esters is 1. The van der Waals surface area contributed by atoms with Gasteiger partial charge in [-0.2, -0.15) is 0 Å². The first-order chi connectivity index (χ1) is 12.8. The van der Waals surface area contributed by atoms with Gasteiger partial charge in [0.05, 0.1) is 12.8 Å². The quantitative estimate of drug-likeness (QED) is 0.688. The molecule has 8 heteroatoms. The van der Waals surface area contributed by atoms with E-state index in [1.165, 1.54) is 7.11 Å². The number of methoxy groups -OCH3 is 1. The first-order valence-corrected chi connectivity index (χ1v) is 9.38. The molecule has 3 rings (SSSR count). The number of quaternary nitrogens is 1. The van der Waals surface area contributed by atoms with Crippen LogP contribution in [0.15, 0.2) is 18.2 Å².